The van der Waals surface area contributed by atoms with Crippen LogP contribution >= 0.6 is 11.6 Å². The van der Waals surface area contributed by atoms with Crippen LogP contribution in [0, 0.1) is 0 Å². The molecule has 1 aliphatic heterocycles. The fourth-order valence-electron chi connectivity index (χ4n) is 3.73. The predicted molar refractivity (Wildman–Crippen MR) is 116 cm³/mol. The zero-order chi connectivity index (χ0) is 21.1. The fraction of sp³-hybridized carbons (Fsp3) is 0.421. The molecule has 0 aromatic carbocycles. The number of hydrogen-bond donors (Lipinski definition) is 2. The average molecular weight is 430 g/mol. The van der Waals surface area contributed by atoms with Crippen molar-refractivity contribution >= 4 is 46.4 Å². The van der Waals surface area contributed by atoms with E-state index in [1.807, 2.05) is 31.1 Å². The quantitative estimate of drug-likeness (QED) is 0.436. The summed E-state index contributed by atoms with van der Waals surface area (Å²) in [6.45, 7) is 3.67. The Labute approximate surface area is 178 Å². The van der Waals surface area contributed by atoms with Gasteiger partial charge >= 0.3 is 0 Å². The van der Waals surface area contributed by atoms with Crippen molar-refractivity contribution in [3.05, 3.63) is 29.8 Å². The minimum absolute atomic E-state index is 0.0368. The van der Waals surface area contributed by atoms with Crippen LogP contribution in [-0.4, -0.2) is 60.9 Å². The summed E-state index contributed by atoms with van der Waals surface area (Å²) >= 11 is 6.36. The number of rotatable bonds is 7. The summed E-state index contributed by atoms with van der Waals surface area (Å²) in [7, 11) is 1.97. The zero-order valence-corrected chi connectivity index (χ0v) is 17.7. The second-order valence-corrected chi connectivity index (χ2v) is 7.48. The number of aromatic nitrogens is 6. The highest BCUT2D eigenvalue weighted by Crippen LogP contribution is 2.33. The molecule has 11 heteroatoms. The third kappa shape index (κ3) is 3.95. The van der Waals surface area contributed by atoms with Crippen molar-refractivity contribution in [3.8, 4) is 0 Å². The number of carbonyl (C=O) groups is 1. The van der Waals surface area contributed by atoms with Gasteiger partial charge in [0.25, 0.3) is 0 Å². The van der Waals surface area contributed by atoms with Crippen molar-refractivity contribution in [2.75, 3.05) is 23.8 Å². The summed E-state index contributed by atoms with van der Waals surface area (Å²) in [5, 5.41) is 15.5. The van der Waals surface area contributed by atoms with Gasteiger partial charge in [0.2, 0.25) is 5.95 Å². The number of aromatic amines is 1. The van der Waals surface area contributed by atoms with E-state index < -0.39 is 0 Å². The van der Waals surface area contributed by atoms with Gasteiger partial charge in [-0.1, -0.05) is 11.6 Å². The van der Waals surface area contributed by atoms with Crippen molar-refractivity contribution in [3.63, 3.8) is 0 Å². The van der Waals surface area contributed by atoms with E-state index in [0.717, 1.165) is 44.3 Å². The molecule has 0 amide bonds. The number of aryl methyl sites for hydroxylation is 1. The monoisotopic (exact) mass is 429 g/mol. The molecule has 0 bridgehead atoms. The van der Waals surface area contributed by atoms with Crippen LogP contribution in [0.1, 0.15) is 26.2 Å². The molecule has 1 fully saturated rings. The number of nitrogens with zero attached hydrogens (tertiary/aromatic N) is 7. The van der Waals surface area contributed by atoms with Crippen molar-refractivity contribution in [2.24, 2.45) is 0 Å². The standard InChI is InChI=1S/C19H24ClN9O/c1-3-29-12-13(11-21-29)22-19-23-17-15(16(20)25-26-17)18(24-19)27(2)14-7-4-5-8-28(14)9-6-10-30/h6,9-12,14H,3-5,7-8H2,1-2H3,(H2,22,23,24,25,26). The maximum absolute atomic E-state index is 10.8. The second-order valence-electron chi connectivity index (χ2n) is 7.12. The SMILES string of the molecule is CCn1cc(Nc2nc(N(C)C3CCCCN3C=CC=O)c3c(Cl)n[nH]c3n2)cn1. The first-order chi connectivity index (χ1) is 14.6. The number of halogens is 1. The minimum Gasteiger partial charge on any atom is -0.357 e. The summed E-state index contributed by atoms with van der Waals surface area (Å²) in [5.41, 5.74) is 1.34. The first-order valence-electron chi connectivity index (χ1n) is 9.92. The molecule has 0 saturated carbocycles. The molecule has 3 aromatic rings. The number of likely N-dealkylation sites (tertiary alicyclic amines) is 1. The lowest BCUT2D eigenvalue weighted by Crippen LogP contribution is -2.47. The summed E-state index contributed by atoms with van der Waals surface area (Å²) in [6.07, 6.45) is 10.9. The van der Waals surface area contributed by atoms with Crippen LogP contribution in [0.25, 0.3) is 11.0 Å². The van der Waals surface area contributed by atoms with Crippen molar-refractivity contribution in [1.29, 1.82) is 0 Å². The van der Waals surface area contributed by atoms with E-state index in [9.17, 15) is 4.79 Å². The molecule has 4 rings (SSSR count). The smallest absolute Gasteiger partial charge is 0.231 e. The Bertz CT molecular complexity index is 1060. The van der Waals surface area contributed by atoms with Crippen LogP contribution in [0.15, 0.2) is 24.7 Å². The topological polar surface area (TPSA) is 108 Å². The number of carbonyl (C=O) groups excluding carboxylic acids is 1. The molecule has 10 nitrogen and oxygen atoms in total. The summed E-state index contributed by atoms with van der Waals surface area (Å²) in [6, 6.07) is 0. The molecule has 2 N–H and O–H groups in total. The van der Waals surface area contributed by atoms with E-state index in [1.54, 1.807) is 6.20 Å². The molecule has 4 heterocycles. The van der Waals surface area contributed by atoms with Gasteiger partial charge in [-0.3, -0.25) is 14.6 Å². The first kappa shape index (κ1) is 20.1. The normalized spacial score (nSPS) is 17.0. The summed E-state index contributed by atoms with van der Waals surface area (Å²) in [5.74, 6) is 1.09. The third-order valence-corrected chi connectivity index (χ3v) is 5.49. The van der Waals surface area contributed by atoms with Crippen LogP contribution in [0.4, 0.5) is 17.5 Å². The number of anilines is 3. The van der Waals surface area contributed by atoms with Crippen LogP contribution in [0.3, 0.4) is 0 Å². The lowest BCUT2D eigenvalue weighted by molar-refractivity contribution is -0.104. The van der Waals surface area contributed by atoms with Gasteiger partial charge in [0.15, 0.2) is 10.8 Å². The van der Waals surface area contributed by atoms with E-state index in [4.69, 9.17) is 16.6 Å². The number of fused-ring (bicyclic) bond motifs is 1. The van der Waals surface area contributed by atoms with Crippen molar-refractivity contribution in [2.45, 2.75) is 38.9 Å². The average Bonchev–Trinajstić information content (AvgIpc) is 3.38. The summed E-state index contributed by atoms with van der Waals surface area (Å²) < 4.78 is 1.82. The van der Waals surface area contributed by atoms with Gasteiger partial charge in [-0.05, 0) is 32.3 Å². The number of hydrogen-bond acceptors (Lipinski definition) is 8. The van der Waals surface area contributed by atoms with E-state index in [1.165, 1.54) is 6.08 Å². The van der Waals surface area contributed by atoms with Crippen LogP contribution < -0.4 is 10.2 Å². The van der Waals surface area contributed by atoms with Gasteiger partial charge in [0.1, 0.15) is 23.7 Å². The molecule has 1 unspecified atom stereocenters. The van der Waals surface area contributed by atoms with Crippen molar-refractivity contribution in [1.82, 2.24) is 34.8 Å². The van der Waals surface area contributed by atoms with Crippen molar-refractivity contribution < 1.29 is 4.79 Å². The number of piperidine rings is 1. The minimum atomic E-state index is 0.0368. The number of allylic oxidation sites excluding steroid dienone is 1. The Morgan fingerprint density at radius 2 is 2.27 bits per heavy atom. The molecule has 30 heavy (non-hydrogen) atoms. The Morgan fingerprint density at radius 1 is 1.40 bits per heavy atom. The van der Waals surface area contributed by atoms with Gasteiger partial charge in [0.05, 0.1) is 11.9 Å². The van der Waals surface area contributed by atoms with Gasteiger partial charge < -0.3 is 15.1 Å². The Kier molecular flexibility index (Phi) is 5.84. The Morgan fingerprint density at radius 3 is 3.03 bits per heavy atom. The highest BCUT2D eigenvalue weighted by molar-refractivity contribution is 6.35. The largest absolute Gasteiger partial charge is 0.357 e. The van der Waals surface area contributed by atoms with Gasteiger partial charge in [-0.15, -0.1) is 0 Å². The molecule has 1 atom stereocenters. The zero-order valence-electron chi connectivity index (χ0n) is 16.9. The van der Waals surface area contributed by atoms with E-state index in [0.29, 0.717) is 28.0 Å². The first-order valence-corrected chi connectivity index (χ1v) is 10.3. The molecule has 1 aliphatic rings. The predicted octanol–water partition coefficient (Wildman–Crippen LogP) is 2.93. The molecule has 0 spiro atoms. The molecule has 3 aromatic heterocycles. The van der Waals surface area contributed by atoms with E-state index in [2.05, 4.69) is 35.4 Å². The molecular formula is C19H24ClN9O. The van der Waals surface area contributed by atoms with Crippen LogP contribution in [0.2, 0.25) is 5.15 Å². The lowest BCUT2D eigenvalue weighted by Gasteiger charge is -2.41. The molecule has 1 saturated heterocycles. The van der Waals surface area contributed by atoms with Gasteiger partial charge in [0, 0.05) is 32.5 Å². The van der Waals surface area contributed by atoms with Crippen LogP contribution in [-0.2, 0) is 11.3 Å². The number of aldehydes is 1. The molecule has 0 aliphatic carbocycles. The Balaban J connectivity index is 1.71. The van der Waals surface area contributed by atoms with Crippen LogP contribution in [0.5, 0.6) is 0 Å². The fourth-order valence-corrected chi connectivity index (χ4v) is 3.95. The molecule has 158 valence electrons. The number of nitrogens with one attached hydrogen (secondary N) is 2. The maximum atomic E-state index is 10.8. The van der Waals surface area contributed by atoms with Gasteiger partial charge in [-0.2, -0.15) is 20.2 Å². The Hall–Kier alpha value is -3.14. The van der Waals surface area contributed by atoms with Gasteiger partial charge in [-0.25, -0.2) is 0 Å². The summed E-state index contributed by atoms with van der Waals surface area (Å²) in [4.78, 5) is 24.3. The molecule has 0 radical (unpaired) electrons. The number of H-pyrrole nitrogens is 1. The molecular weight excluding hydrogens is 406 g/mol. The highest BCUT2D eigenvalue weighted by atomic mass is 35.5. The maximum Gasteiger partial charge on any atom is 0.231 e. The van der Waals surface area contributed by atoms with E-state index in [-0.39, 0.29) is 6.17 Å². The lowest BCUT2D eigenvalue weighted by atomic mass is 10.1. The van der Waals surface area contributed by atoms with E-state index >= 15 is 0 Å². The highest BCUT2D eigenvalue weighted by Gasteiger charge is 2.28. The second kappa shape index (κ2) is 8.70. The third-order valence-electron chi connectivity index (χ3n) is 5.22.